The molecular weight excluding hydrogens is 324 g/mol. The third-order valence-corrected chi connectivity index (χ3v) is 4.31. The molecule has 1 nitrogen and oxygen atoms in total. The second kappa shape index (κ2) is 14.0. The van der Waals surface area contributed by atoms with Gasteiger partial charge in [0.25, 0.3) is 0 Å². The number of hydrogen-bond donors (Lipinski definition) is 1. The van der Waals surface area contributed by atoms with Crippen molar-refractivity contribution < 1.29 is 8.78 Å². The summed E-state index contributed by atoms with van der Waals surface area (Å²) in [6, 6.07) is 0. The van der Waals surface area contributed by atoms with E-state index in [9.17, 15) is 8.78 Å². The van der Waals surface area contributed by atoms with E-state index in [1.54, 1.807) is 17.8 Å². The van der Waals surface area contributed by atoms with Crippen LogP contribution in [0.25, 0.3) is 0 Å². The van der Waals surface area contributed by atoms with Gasteiger partial charge in [0.15, 0.2) is 0 Å². The van der Waals surface area contributed by atoms with Crippen LogP contribution in [0, 0.1) is 5.41 Å². The molecule has 0 aromatic carbocycles. The molecule has 0 spiro atoms. The maximum atomic E-state index is 12.7. The fourth-order valence-corrected chi connectivity index (χ4v) is 2.90. The van der Waals surface area contributed by atoms with E-state index in [1.165, 1.54) is 17.1 Å². The monoisotopic (exact) mass is 353 g/mol. The van der Waals surface area contributed by atoms with Gasteiger partial charge in [-0.1, -0.05) is 49.8 Å². The van der Waals surface area contributed by atoms with Gasteiger partial charge < -0.3 is 5.41 Å². The second-order valence-corrected chi connectivity index (χ2v) is 5.71. The zero-order valence-electron chi connectivity index (χ0n) is 15.2. The molecule has 1 aliphatic rings. The van der Waals surface area contributed by atoms with Crippen LogP contribution in [0.15, 0.2) is 58.1 Å². The van der Waals surface area contributed by atoms with Gasteiger partial charge >= 0.3 is 0 Å². The minimum absolute atomic E-state index is 0.516. The average molecular weight is 354 g/mol. The van der Waals surface area contributed by atoms with Crippen molar-refractivity contribution in [3.63, 3.8) is 0 Å². The largest absolute Gasteiger partial charge is 0.305 e. The van der Waals surface area contributed by atoms with E-state index in [-0.39, 0.29) is 0 Å². The van der Waals surface area contributed by atoms with Crippen molar-refractivity contribution in [3.8, 4) is 0 Å². The Kier molecular flexibility index (Phi) is 13.1. The van der Waals surface area contributed by atoms with Crippen molar-refractivity contribution >= 4 is 17.5 Å². The molecule has 0 saturated heterocycles. The van der Waals surface area contributed by atoms with Crippen LogP contribution in [-0.4, -0.2) is 25.3 Å². The molecule has 0 fully saturated rings. The van der Waals surface area contributed by atoms with Gasteiger partial charge in [0.05, 0.1) is 0 Å². The Balaban J connectivity index is 0.00000254. The Morgan fingerprint density at radius 3 is 2.38 bits per heavy atom. The third-order valence-electron chi connectivity index (χ3n) is 3.47. The fourth-order valence-electron chi connectivity index (χ4n) is 2.43. The summed E-state index contributed by atoms with van der Waals surface area (Å²) in [5, 5.41) is 8.08. The highest BCUT2D eigenvalue weighted by Crippen LogP contribution is 2.32. The molecule has 0 saturated carbocycles. The summed E-state index contributed by atoms with van der Waals surface area (Å²) in [5.74, 6) is 0. The maximum Gasteiger partial charge on any atom is 0.108 e. The molecule has 0 aliphatic heterocycles. The molecule has 1 aliphatic carbocycles. The van der Waals surface area contributed by atoms with Crippen molar-refractivity contribution in [2.75, 3.05) is 19.6 Å². The number of allylic oxidation sites excluding steroid dienone is 9. The van der Waals surface area contributed by atoms with E-state index in [2.05, 4.69) is 12.2 Å². The Morgan fingerprint density at radius 1 is 1.12 bits per heavy atom. The average Bonchev–Trinajstić information content (AvgIpc) is 2.98. The first-order chi connectivity index (χ1) is 11.7. The molecule has 1 rings (SSSR count). The first-order valence-electron chi connectivity index (χ1n) is 8.33. The van der Waals surface area contributed by atoms with Crippen molar-refractivity contribution in [2.24, 2.45) is 0 Å². The Hall–Kier alpha value is -1.42. The number of alkyl halides is 2. The van der Waals surface area contributed by atoms with E-state index >= 15 is 0 Å². The quantitative estimate of drug-likeness (QED) is 0.479. The fraction of sp³-hybridized carbons (Fsp3) is 0.450. The third kappa shape index (κ3) is 7.43. The first kappa shape index (κ1) is 22.6. The lowest BCUT2D eigenvalue weighted by atomic mass is 9.98. The van der Waals surface area contributed by atoms with Gasteiger partial charge in [-0.25, -0.2) is 8.78 Å². The topological polar surface area (TPSA) is 23.9 Å². The van der Waals surface area contributed by atoms with Crippen molar-refractivity contribution in [3.05, 3.63) is 58.1 Å². The molecule has 4 heteroatoms. The zero-order chi connectivity index (χ0) is 18.4. The van der Waals surface area contributed by atoms with Gasteiger partial charge in [-0.15, -0.1) is 11.8 Å². The molecule has 134 valence electrons. The van der Waals surface area contributed by atoms with Crippen LogP contribution in [0.1, 0.15) is 40.0 Å². The summed E-state index contributed by atoms with van der Waals surface area (Å²) in [6.07, 6.45) is 14.8. The Bertz CT molecular complexity index is 540. The van der Waals surface area contributed by atoms with E-state index < -0.39 is 13.3 Å². The molecular formula is C20H29F2NS. The van der Waals surface area contributed by atoms with E-state index in [4.69, 9.17) is 5.41 Å². The van der Waals surface area contributed by atoms with Crippen LogP contribution in [0.5, 0.6) is 0 Å². The highest BCUT2D eigenvalue weighted by Gasteiger charge is 2.20. The number of rotatable bonds is 8. The lowest BCUT2D eigenvalue weighted by molar-refractivity contribution is 0.558. The minimum Gasteiger partial charge on any atom is -0.305 e. The summed E-state index contributed by atoms with van der Waals surface area (Å²) in [5.41, 5.74) is 3.06. The molecule has 0 amide bonds. The molecule has 0 heterocycles. The van der Waals surface area contributed by atoms with Crippen LogP contribution >= 0.6 is 11.8 Å². The van der Waals surface area contributed by atoms with Crippen LogP contribution in [0.2, 0.25) is 0 Å². The molecule has 0 atom stereocenters. The van der Waals surface area contributed by atoms with Gasteiger partial charge in [0.2, 0.25) is 0 Å². The lowest BCUT2D eigenvalue weighted by Gasteiger charge is -2.07. The van der Waals surface area contributed by atoms with E-state index in [1.807, 2.05) is 33.1 Å². The van der Waals surface area contributed by atoms with Crippen molar-refractivity contribution in [2.45, 2.75) is 40.0 Å². The molecule has 0 aromatic heterocycles. The molecule has 0 bridgehead atoms. The van der Waals surface area contributed by atoms with Crippen molar-refractivity contribution in [1.29, 1.82) is 5.41 Å². The zero-order valence-corrected chi connectivity index (χ0v) is 16.0. The summed E-state index contributed by atoms with van der Waals surface area (Å²) >= 11 is 1.68. The number of hydrogen-bond acceptors (Lipinski definition) is 2. The first-order valence-corrected chi connectivity index (χ1v) is 9.56. The van der Waals surface area contributed by atoms with Gasteiger partial charge in [0, 0.05) is 16.2 Å². The predicted molar refractivity (Wildman–Crippen MR) is 106 cm³/mol. The molecule has 1 N–H and O–H groups in total. The SMILES string of the molecule is C/C=C(\C=C/CC1=C(C(/C=C\CF)=C/CF)C(=N)CC1)SC.CC. The molecule has 0 aromatic rings. The Morgan fingerprint density at radius 2 is 1.83 bits per heavy atom. The van der Waals surface area contributed by atoms with Crippen LogP contribution in [-0.2, 0) is 0 Å². The maximum absolute atomic E-state index is 12.7. The highest BCUT2D eigenvalue weighted by atomic mass is 32.2. The summed E-state index contributed by atoms with van der Waals surface area (Å²) < 4.78 is 25.1. The minimum atomic E-state index is -0.610. The second-order valence-electron chi connectivity index (χ2n) is 4.83. The Labute approximate surface area is 149 Å². The standard InChI is InChI=1S/C18H23F2NS.C2H6/c1-3-16(22-2)8-4-6-14-9-10-17(21)18(14)15(11-13-20)7-5-12-19;1-2/h3-5,7-8,11,21H,6,9-10,12-13H2,1-2H3;1-2H3/b7-5-,8-4-,15-11+,16-3+,21-17?;. The number of thioether (sulfide) groups is 1. The summed E-state index contributed by atoms with van der Waals surface area (Å²) in [7, 11) is 0. The van der Waals surface area contributed by atoms with E-state index in [0.717, 1.165) is 24.0 Å². The summed E-state index contributed by atoms with van der Waals surface area (Å²) in [6.45, 7) is 4.80. The van der Waals surface area contributed by atoms with Crippen LogP contribution in [0.4, 0.5) is 8.78 Å². The van der Waals surface area contributed by atoms with Crippen LogP contribution < -0.4 is 0 Å². The number of halogens is 2. The molecule has 0 radical (unpaired) electrons. The normalized spacial score (nSPS) is 16.3. The van der Waals surface area contributed by atoms with Crippen molar-refractivity contribution in [1.82, 2.24) is 0 Å². The van der Waals surface area contributed by atoms with Gasteiger partial charge in [0.1, 0.15) is 13.3 Å². The molecule has 24 heavy (non-hydrogen) atoms. The lowest BCUT2D eigenvalue weighted by Crippen LogP contribution is -1.99. The highest BCUT2D eigenvalue weighted by molar-refractivity contribution is 8.02. The van der Waals surface area contributed by atoms with Gasteiger partial charge in [-0.05, 0) is 44.1 Å². The van der Waals surface area contributed by atoms with Crippen LogP contribution in [0.3, 0.4) is 0 Å². The van der Waals surface area contributed by atoms with Gasteiger partial charge in [-0.2, -0.15) is 0 Å². The molecule has 0 unspecified atom stereocenters. The number of nitrogens with one attached hydrogen (secondary N) is 1. The van der Waals surface area contributed by atoms with Gasteiger partial charge in [-0.3, -0.25) is 0 Å². The predicted octanol–water partition coefficient (Wildman–Crippen LogP) is 6.76. The van der Waals surface area contributed by atoms with E-state index in [0.29, 0.717) is 17.7 Å². The summed E-state index contributed by atoms with van der Waals surface area (Å²) in [4.78, 5) is 1.19. The smallest absolute Gasteiger partial charge is 0.108 e.